The number of carboxylic acid groups (broad SMARTS) is 1. The highest BCUT2D eigenvalue weighted by Crippen LogP contribution is 2.47. The molecule has 5 fully saturated rings. The lowest BCUT2D eigenvalue weighted by atomic mass is 9.73. The monoisotopic (exact) mass is 547 g/mol. The Labute approximate surface area is 237 Å². The molecule has 3 saturated heterocycles. The molecule has 40 heavy (non-hydrogen) atoms. The molecule has 8 nitrogen and oxygen atoms in total. The first kappa shape index (κ1) is 26.4. The number of nitrogens with zero attached hydrogens (tertiary/aromatic N) is 5. The van der Waals surface area contributed by atoms with E-state index in [2.05, 4.69) is 9.47 Å². The summed E-state index contributed by atoms with van der Waals surface area (Å²) in [4.78, 5) is 37.7. The van der Waals surface area contributed by atoms with Crippen LogP contribution in [0.15, 0.2) is 29.1 Å². The summed E-state index contributed by atoms with van der Waals surface area (Å²) in [6.45, 7) is 0.535. The van der Waals surface area contributed by atoms with Crippen molar-refractivity contribution in [2.45, 2.75) is 107 Å². The number of benzene rings is 1. The zero-order chi connectivity index (χ0) is 27.6. The Hall–Kier alpha value is -2.45. The molecule has 4 heterocycles. The first-order valence-corrected chi connectivity index (χ1v) is 15.8. The van der Waals surface area contributed by atoms with Gasteiger partial charge in [-0.05, 0) is 83.0 Å². The van der Waals surface area contributed by atoms with Crippen molar-refractivity contribution >= 4 is 22.8 Å². The number of piperidine rings is 2. The molecule has 1 N–H and O–H groups in total. The summed E-state index contributed by atoms with van der Waals surface area (Å²) in [5, 5.41) is 9.93. The highest BCUT2D eigenvalue weighted by molar-refractivity contribution is 5.84. The number of aliphatic carboxylic acids is 1. The van der Waals surface area contributed by atoms with E-state index < -0.39 is 11.5 Å². The molecule has 8 heteroatoms. The SMILES string of the molecule is CN(C)C1(C(=O)O)CN(c2nc3ccccc3n(C3C[C@H]4CCC[C@@H](C3)N4C3CC4CCCCC(C4)C3)c2=O)C1. The second-order valence-electron chi connectivity index (χ2n) is 13.9. The van der Waals surface area contributed by atoms with Crippen LogP contribution in [-0.2, 0) is 4.79 Å². The Morgan fingerprint density at radius 3 is 2.15 bits per heavy atom. The minimum atomic E-state index is -0.982. The Morgan fingerprint density at radius 2 is 1.52 bits per heavy atom. The standard InChI is InChI=1S/C32H45N5O3/c1-34(2)32(31(39)40)19-35(20-32)29-30(38)37(28-13-6-5-12-27(28)33-29)26-17-23-10-7-11-24(18-26)36(23)25-15-21-8-3-4-9-22(14-21)16-25/h5-6,12-13,21-26H,3-4,7-11,14-20H2,1-2H3,(H,39,40)/t21?,22?,23-,24+,25?,26?. The van der Waals surface area contributed by atoms with Crippen LogP contribution >= 0.6 is 0 Å². The van der Waals surface area contributed by atoms with Crippen molar-refractivity contribution in [3.63, 3.8) is 0 Å². The van der Waals surface area contributed by atoms with Crippen LogP contribution in [0.2, 0.25) is 0 Å². The zero-order valence-electron chi connectivity index (χ0n) is 24.2. The number of para-hydroxylation sites is 2. The molecule has 5 aliphatic rings. The maximum Gasteiger partial charge on any atom is 0.327 e. The molecule has 1 aromatic heterocycles. The normalized spacial score (nSPS) is 33.9. The lowest BCUT2D eigenvalue weighted by molar-refractivity contribution is -0.151. The molecular weight excluding hydrogens is 502 g/mol. The molecule has 0 radical (unpaired) electrons. The van der Waals surface area contributed by atoms with Crippen LogP contribution in [0.1, 0.15) is 83.1 Å². The molecule has 3 aliphatic heterocycles. The summed E-state index contributed by atoms with van der Waals surface area (Å²) in [7, 11) is 3.59. The van der Waals surface area contributed by atoms with Gasteiger partial charge in [0.05, 0.1) is 24.1 Å². The number of likely N-dealkylation sites (N-methyl/N-ethyl adjacent to an activating group) is 1. The van der Waals surface area contributed by atoms with Crippen molar-refractivity contribution in [3.05, 3.63) is 34.6 Å². The van der Waals surface area contributed by atoms with Gasteiger partial charge in [-0.3, -0.25) is 19.4 Å². The summed E-state index contributed by atoms with van der Waals surface area (Å²) in [5.41, 5.74) is 0.689. The van der Waals surface area contributed by atoms with Crippen LogP contribution in [0.5, 0.6) is 0 Å². The number of hydrogen-bond donors (Lipinski definition) is 1. The number of rotatable bonds is 5. The number of hydrogen-bond acceptors (Lipinski definition) is 6. The van der Waals surface area contributed by atoms with E-state index in [9.17, 15) is 14.7 Å². The fraction of sp³-hybridized carbons (Fsp3) is 0.719. The van der Waals surface area contributed by atoms with Crippen LogP contribution < -0.4 is 10.5 Å². The van der Waals surface area contributed by atoms with E-state index in [4.69, 9.17) is 4.98 Å². The molecule has 5 atom stereocenters. The Morgan fingerprint density at radius 1 is 0.875 bits per heavy atom. The second kappa shape index (κ2) is 10.1. The van der Waals surface area contributed by atoms with E-state index in [-0.39, 0.29) is 24.7 Å². The van der Waals surface area contributed by atoms with E-state index in [0.717, 1.165) is 41.8 Å². The third-order valence-electron chi connectivity index (χ3n) is 11.4. The quantitative estimate of drug-likeness (QED) is 0.590. The number of carboxylic acids is 1. The number of aromatic nitrogens is 2. The van der Waals surface area contributed by atoms with Crippen molar-refractivity contribution in [1.29, 1.82) is 0 Å². The maximum absolute atomic E-state index is 14.2. The van der Waals surface area contributed by atoms with Gasteiger partial charge in [-0.25, -0.2) is 4.98 Å². The summed E-state index contributed by atoms with van der Waals surface area (Å²) in [5.74, 6) is 1.38. The molecule has 3 unspecified atom stereocenters. The third kappa shape index (κ3) is 4.28. The van der Waals surface area contributed by atoms with Crippen molar-refractivity contribution in [2.75, 3.05) is 32.1 Å². The smallest absolute Gasteiger partial charge is 0.327 e. The Bertz CT molecular complexity index is 1310. The van der Waals surface area contributed by atoms with Crippen LogP contribution in [-0.4, -0.2) is 81.3 Å². The summed E-state index contributed by atoms with van der Waals surface area (Å²) >= 11 is 0. The Balaban J connectivity index is 1.20. The van der Waals surface area contributed by atoms with Gasteiger partial charge in [0.25, 0.3) is 5.56 Å². The first-order valence-electron chi connectivity index (χ1n) is 15.8. The van der Waals surface area contributed by atoms with Crippen molar-refractivity contribution in [3.8, 4) is 0 Å². The molecule has 0 amide bonds. The van der Waals surface area contributed by atoms with Crippen LogP contribution in [0.25, 0.3) is 11.0 Å². The van der Waals surface area contributed by atoms with Gasteiger partial charge >= 0.3 is 5.97 Å². The summed E-state index contributed by atoms with van der Waals surface area (Å²) in [6, 6.07) is 9.97. The lowest BCUT2D eigenvalue weighted by Crippen LogP contribution is -2.73. The average molecular weight is 548 g/mol. The van der Waals surface area contributed by atoms with Crippen molar-refractivity contribution < 1.29 is 9.90 Å². The van der Waals surface area contributed by atoms with E-state index >= 15 is 0 Å². The third-order valence-corrected chi connectivity index (χ3v) is 11.4. The Kier molecular flexibility index (Phi) is 6.69. The maximum atomic E-state index is 14.2. The molecule has 1 aromatic carbocycles. The summed E-state index contributed by atoms with van der Waals surface area (Å²) < 4.78 is 2.05. The number of anilines is 1. The molecule has 2 aromatic rings. The van der Waals surface area contributed by atoms with Crippen LogP contribution in [0.4, 0.5) is 5.82 Å². The van der Waals surface area contributed by atoms with Gasteiger partial charge in [0, 0.05) is 24.2 Å². The van der Waals surface area contributed by atoms with Gasteiger partial charge in [-0.2, -0.15) is 0 Å². The largest absolute Gasteiger partial charge is 0.480 e. The number of fused-ring (bicyclic) bond motifs is 5. The van der Waals surface area contributed by atoms with Crippen molar-refractivity contribution in [1.82, 2.24) is 19.4 Å². The lowest BCUT2D eigenvalue weighted by Gasteiger charge is -2.55. The minimum absolute atomic E-state index is 0.0587. The predicted molar refractivity (Wildman–Crippen MR) is 157 cm³/mol. The molecule has 216 valence electrons. The fourth-order valence-electron chi connectivity index (χ4n) is 9.36. The topological polar surface area (TPSA) is 81.9 Å². The average Bonchev–Trinajstić information content (AvgIpc) is 3.06. The molecule has 0 spiro atoms. The van der Waals surface area contributed by atoms with Gasteiger partial charge in [0.1, 0.15) is 0 Å². The zero-order valence-corrected chi connectivity index (χ0v) is 24.2. The van der Waals surface area contributed by atoms with E-state index in [1.165, 1.54) is 64.2 Å². The van der Waals surface area contributed by atoms with Gasteiger partial charge < -0.3 is 14.6 Å². The first-order chi connectivity index (χ1) is 19.3. The molecule has 2 aliphatic carbocycles. The molecule has 2 saturated carbocycles. The highest BCUT2D eigenvalue weighted by atomic mass is 16.4. The predicted octanol–water partition coefficient (Wildman–Crippen LogP) is 4.52. The minimum Gasteiger partial charge on any atom is -0.480 e. The van der Waals surface area contributed by atoms with Gasteiger partial charge in [0.2, 0.25) is 0 Å². The molecular formula is C32H45N5O3. The second-order valence-corrected chi connectivity index (χ2v) is 13.9. The summed E-state index contributed by atoms with van der Waals surface area (Å²) in [6.07, 6.45) is 15.7. The molecule has 7 rings (SSSR count). The van der Waals surface area contributed by atoms with Crippen LogP contribution in [0.3, 0.4) is 0 Å². The van der Waals surface area contributed by atoms with Crippen LogP contribution in [0, 0.1) is 11.8 Å². The van der Waals surface area contributed by atoms with E-state index in [1.807, 2.05) is 29.2 Å². The fourth-order valence-corrected chi connectivity index (χ4v) is 9.36. The highest BCUT2D eigenvalue weighted by Gasteiger charge is 2.53. The van der Waals surface area contributed by atoms with E-state index in [0.29, 0.717) is 17.9 Å². The van der Waals surface area contributed by atoms with E-state index in [1.54, 1.807) is 19.0 Å². The van der Waals surface area contributed by atoms with Gasteiger partial charge in [-0.1, -0.05) is 44.2 Å². The number of carbonyl (C=O) groups is 1. The van der Waals surface area contributed by atoms with Crippen molar-refractivity contribution in [2.24, 2.45) is 11.8 Å². The molecule has 4 bridgehead atoms. The van der Waals surface area contributed by atoms with Gasteiger partial charge in [0.15, 0.2) is 11.4 Å². The van der Waals surface area contributed by atoms with Gasteiger partial charge in [-0.15, -0.1) is 0 Å².